The van der Waals surface area contributed by atoms with Gasteiger partial charge in [0.25, 0.3) is 0 Å². The van der Waals surface area contributed by atoms with E-state index in [4.69, 9.17) is 4.74 Å². The van der Waals surface area contributed by atoms with Crippen molar-refractivity contribution in [2.75, 3.05) is 11.9 Å². The quantitative estimate of drug-likeness (QED) is 0.927. The molecule has 0 fully saturated rings. The zero-order valence-electron chi connectivity index (χ0n) is 12.2. The monoisotopic (exact) mass is 285 g/mol. The molecule has 2 aromatic rings. The average Bonchev–Trinajstić information content (AvgIpc) is 2.41. The summed E-state index contributed by atoms with van der Waals surface area (Å²) in [5.41, 5.74) is 3.06. The van der Waals surface area contributed by atoms with Gasteiger partial charge in [0.05, 0.1) is 23.6 Å². The number of halogens is 1. The molecule has 2 rings (SSSR count). The Labute approximate surface area is 123 Å². The van der Waals surface area contributed by atoms with E-state index < -0.39 is 5.82 Å². The van der Waals surface area contributed by atoms with E-state index in [2.05, 4.69) is 16.4 Å². The van der Waals surface area contributed by atoms with E-state index in [-0.39, 0.29) is 5.75 Å². The van der Waals surface area contributed by atoms with Gasteiger partial charge in [-0.3, -0.25) is 4.98 Å². The van der Waals surface area contributed by atoms with E-state index >= 15 is 0 Å². The van der Waals surface area contributed by atoms with Crippen LogP contribution in [0.5, 0.6) is 5.75 Å². The Morgan fingerprint density at radius 3 is 2.71 bits per heavy atom. The molecular weight excluding hydrogens is 269 g/mol. The smallest absolute Gasteiger partial charge is 0.167 e. The Morgan fingerprint density at radius 2 is 2.10 bits per heavy atom. The van der Waals surface area contributed by atoms with E-state index in [1.165, 1.54) is 6.07 Å². The summed E-state index contributed by atoms with van der Waals surface area (Å²) in [6.07, 6.45) is 0. The molecular formula is C16H16FN3O. The number of nitriles is 1. The van der Waals surface area contributed by atoms with Gasteiger partial charge in [0.1, 0.15) is 6.07 Å². The van der Waals surface area contributed by atoms with Gasteiger partial charge in [-0.1, -0.05) is 0 Å². The number of anilines is 2. The van der Waals surface area contributed by atoms with Crippen molar-refractivity contribution < 1.29 is 9.13 Å². The van der Waals surface area contributed by atoms with Crippen LogP contribution in [0.25, 0.3) is 0 Å². The van der Waals surface area contributed by atoms with Crippen molar-refractivity contribution in [3.63, 3.8) is 0 Å². The van der Waals surface area contributed by atoms with Crippen LogP contribution in [0, 0.1) is 31.0 Å². The van der Waals surface area contributed by atoms with Crippen molar-refractivity contribution in [2.45, 2.75) is 20.8 Å². The predicted molar refractivity (Wildman–Crippen MR) is 79.3 cm³/mol. The molecule has 0 bridgehead atoms. The second kappa shape index (κ2) is 6.23. The normalized spacial score (nSPS) is 10.0. The fourth-order valence-corrected chi connectivity index (χ4v) is 2.08. The molecule has 0 radical (unpaired) electrons. The molecule has 4 nitrogen and oxygen atoms in total. The third-order valence-corrected chi connectivity index (χ3v) is 2.95. The Morgan fingerprint density at radius 1 is 1.33 bits per heavy atom. The molecule has 0 spiro atoms. The van der Waals surface area contributed by atoms with Crippen LogP contribution in [0.4, 0.5) is 15.8 Å². The summed E-state index contributed by atoms with van der Waals surface area (Å²) in [5, 5.41) is 12.3. The molecule has 0 saturated carbocycles. The topological polar surface area (TPSA) is 57.9 Å². The van der Waals surface area contributed by atoms with Gasteiger partial charge in [-0.2, -0.15) is 5.26 Å². The van der Waals surface area contributed by atoms with Crippen molar-refractivity contribution in [1.29, 1.82) is 5.26 Å². The Hall–Kier alpha value is -2.61. The van der Waals surface area contributed by atoms with Gasteiger partial charge < -0.3 is 10.1 Å². The molecule has 0 aliphatic heterocycles. The van der Waals surface area contributed by atoms with Gasteiger partial charge in [0.15, 0.2) is 11.6 Å². The van der Waals surface area contributed by atoms with Crippen LogP contribution in [0.3, 0.4) is 0 Å². The Bertz CT molecular complexity index is 707. The van der Waals surface area contributed by atoms with Gasteiger partial charge >= 0.3 is 0 Å². The molecule has 1 N–H and O–H groups in total. The Balaban J connectivity index is 2.35. The third kappa shape index (κ3) is 3.29. The SMILES string of the molecule is CCOc1ccc(Nc2cc(C)nc(C)c2C#N)cc1F. The molecule has 1 heterocycles. The molecule has 108 valence electrons. The lowest BCUT2D eigenvalue weighted by Crippen LogP contribution is -2.01. The summed E-state index contributed by atoms with van der Waals surface area (Å²) < 4.78 is 19.0. The first-order valence-electron chi connectivity index (χ1n) is 6.63. The first kappa shape index (κ1) is 14.8. The van der Waals surface area contributed by atoms with Crippen molar-refractivity contribution in [1.82, 2.24) is 4.98 Å². The molecule has 0 atom stereocenters. The van der Waals surface area contributed by atoms with Crippen LogP contribution in [0.15, 0.2) is 24.3 Å². The van der Waals surface area contributed by atoms with Crippen LogP contribution in [-0.2, 0) is 0 Å². The van der Waals surface area contributed by atoms with E-state index in [9.17, 15) is 9.65 Å². The first-order valence-corrected chi connectivity index (χ1v) is 6.63. The lowest BCUT2D eigenvalue weighted by molar-refractivity contribution is 0.321. The minimum absolute atomic E-state index is 0.214. The number of pyridine rings is 1. The summed E-state index contributed by atoms with van der Waals surface area (Å²) in [5.74, 6) is -0.228. The molecule has 0 amide bonds. The molecule has 0 aliphatic rings. The second-order valence-electron chi connectivity index (χ2n) is 4.59. The molecule has 0 unspecified atom stereocenters. The highest BCUT2D eigenvalue weighted by atomic mass is 19.1. The number of aromatic nitrogens is 1. The summed E-state index contributed by atoms with van der Waals surface area (Å²) >= 11 is 0. The van der Waals surface area contributed by atoms with E-state index in [1.807, 2.05) is 6.92 Å². The zero-order valence-corrected chi connectivity index (χ0v) is 12.2. The van der Waals surface area contributed by atoms with Gasteiger partial charge in [0, 0.05) is 17.4 Å². The number of rotatable bonds is 4. The number of aryl methyl sites for hydroxylation is 2. The van der Waals surface area contributed by atoms with E-state index in [0.717, 1.165) is 5.69 Å². The zero-order chi connectivity index (χ0) is 15.4. The minimum Gasteiger partial charge on any atom is -0.491 e. The van der Waals surface area contributed by atoms with E-state index in [0.29, 0.717) is 29.2 Å². The van der Waals surface area contributed by atoms with Crippen LogP contribution in [0.1, 0.15) is 23.9 Å². The van der Waals surface area contributed by atoms with Crippen molar-refractivity contribution in [3.8, 4) is 11.8 Å². The Kier molecular flexibility index (Phi) is 4.39. The molecule has 21 heavy (non-hydrogen) atoms. The first-order chi connectivity index (χ1) is 10.0. The van der Waals surface area contributed by atoms with Crippen molar-refractivity contribution >= 4 is 11.4 Å². The summed E-state index contributed by atoms with van der Waals surface area (Å²) in [7, 11) is 0. The standard InChI is InChI=1S/C16H16FN3O/c1-4-21-16-6-5-12(8-14(16)17)20-15-7-10(2)19-11(3)13(15)9-18/h5-8H,4H2,1-3H3,(H,19,20). The molecule has 1 aromatic carbocycles. The number of benzene rings is 1. The van der Waals surface area contributed by atoms with Gasteiger partial charge in [-0.15, -0.1) is 0 Å². The highest BCUT2D eigenvalue weighted by molar-refractivity contribution is 5.68. The fraction of sp³-hybridized carbons (Fsp3) is 0.250. The fourth-order valence-electron chi connectivity index (χ4n) is 2.08. The summed E-state index contributed by atoms with van der Waals surface area (Å²) in [6, 6.07) is 8.49. The summed E-state index contributed by atoms with van der Waals surface area (Å²) in [4.78, 5) is 4.25. The lowest BCUT2D eigenvalue weighted by atomic mass is 10.1. The van der Waals surface area contributed by atoms with E-state index in [1.54, 1.807) is 32.0 Å². The maximum absolute atomic E-state index is 13.8. The maximum atomic E-state index is 13.8. The van der Waals surface area contributed by atoms with Gasteiger partial charge in [-0.25, -0.2) is 4.39 Å². The number of ether oxygens (including phenoxy) is 1. The van der Waals surface area contributed by atoms with Gasteiger partial charge in [0.2, 0.25) is 0 Å². The number of hydrogen-bond acceptors (Lipinski definition) is 4. The lowest BCUT2D eigenvalue weighted by Gasteiger charge is -2.12. The number of nitrogens with one attached hydrogen (secondary N) is 1. The summed E-state index contributed by atoms with van der Waals surface area (Å²) in [6.45, 7) is 5.83. The van der Waals surface area contributed by atoms with Crippen LogP contribution >= 0.6 is 0 Å². The molecule has 1 aromatic heterocycles. The molecule has 5 heteroatoms. The predicted octanol–water partition coefficient (Wildman–Crippen LogP) is 3.85. The van der Waals surface area contributed by atoms with Crippen LogP contribution in [-0.4, -0.2) is 11.6 Å². The van der Waals surface area contributed by atoms with Gasteiger partial charge in [-0.05, 0) is 39.0 Å². The van der Waals surface area contributed by atoms with Crippen molar-refractivity contribution in [3.05, 3.63) is 47.0 Å². The number of hydrogen-bond donors (Lipinski definition) is 1. The number of nitrogens with zero attached hydrogens (tertiary/aromatic N) is 2. The second-order valence-corrected chi connectivity index (χ2v) is 4.59. The van der Waals surface area contributed by atoms with Crippen LogP contribution < -0.4 is 10.1 Å². The highest BCUT2D eigenvalue weighted by Crippen LogP contribution is 2.26. The third-order valence-electron chi connectivity index (χ3n) is 2.95. The van der Waals surface area contributed by atoms with Crippen LogP contribution in [0.2, 0.25) is 0 Å². The molecule has 0 saturated heterocycles. The maximum Gasteiger partial charge on any atom is 0.167 e. The average molecular weight is 285 g/mol. The largest absolute Gasteiger partial charge is 0.491 e. The highest BCUT2D eigenvalue weighted by Gasteiger charge is 2.10. The molecule has 0 aliphatic carbocycles. The van der Waals surface area contributed by atoms with Crippen molar-refractivity contribution in [2.24, 2.45) is 0 Å². The minimum atomic E-state index is -0.442.